The summed E-state index contributed by atoms with van der Waals surface area (Å²) in [7, 11) is 0. The fraction of sp³-hybridized carbons (Fsp3) is 0.300. The average Bonchev–Trinajstić information content (AvgIpc) is 2.26. The quantitative estimate of drug-likeness (QED) is 0.586. The number of anilines is 1. The topological polar surface area (TPSA) is 64.3 Å². The minimum atomic E-state index is -2.99. The Morgan fingerprint density at radius 2 is 2.00 bits per heavy atom. The van der Waals surface area contributed by atoms with Gasteiger partial charge in [0.1, 0.15) is 12.4 Å². The maximum Gasteiger partial charge on any atom is 0.315 e. The van der Waals surface area contributed by atoms with Gasteiger partial charge in [-0.05, 0) is 24.3 Å². The summed E-state index contributed by atoms with van der Waals surface area (Å²) in [6.07, 6.45) is -2.99. The van der Waals surface area contributed by atoms with Gasteiger partial charge in [-0.25, -0.2) is 0 Å². The van der Waals surface area contributed by atoms with Crippen LogP contribution >= 0.6 is 0 Å². The second kappa shape index (κ2) is 5.89. The number of halogens is 2. The number of hydrogen-bond acceptors (Lipinski definition) is 3. The van der Waals surface area contributed by atoms with Crippen molar-refractivity contribution in [3.05, 3.63) is 24.3 Å². The first kappa shape index (κ1) is 12.2. The summed E-state index contributed by atoms with van der Waals surface area (Å²) >= 11 is 0. The summed E-state index contributed by atoms with van der Waals surface area (Å²) in [6, 6.07) is 6.63. The van der Waals surface area contributed by atoms with Crippen molar-refractivity contribution in [1.82, 2.24) is 5.32 Å². The first-order valence-electron chi connectivity index (χ1n) is 4.64. The van der Waals surface area contributed by atoms with Crippen LogP contribution < -0.4 is 15.8 Å². The van der Waals surface area contributed by atoms with Crippen LogP contribution in [0.5, 0.6) is 5.75 Å². The van der Waals surface area contributed by atoms with Gasteiger partial charge in [0.15, 0.2) is 0 Å². The summed E-state index contributed by atoms with van der Waals surface area (Å²) in [5.74, 6) is -0.721. The van der Waals surface area contributed by atoms with Crippen LogP contribution in [0.15, 0.2) is 24.3 Å². The summed E-state index contributed by atoms with van der Waals surface area (Å²) < 4.78 is 28.7. The van der Waals surface area contributed by atoms with E-state index in [1.807, 2.05) is 5.32 Å². The minimum absolute atomic E-state index is 0.0353. The molecule has 88 valence electrons. The predicted molar refractivity (Wildman–Crippen MR) is 55.4 cm³/mol. The molecule has 0 unspecified atom stereocenters. The van der Waals surface area contributed by atoms with Gasteiger partial charge in [-0.15, -0.1) is 0 Å². The predicted octanol–water partition coefficient (Wildman–Crippen LogP) is 1.03. The zero-order valence-corrected chi connectivity index (χ0v) is 8.45. The van der Waals surface area contributed by atoms with E-state index in [2.05, 4.69) is 0 Å². The van der Waals surface area contributed by atoms with E-state index in [4.69, 9.17) is 10.5 Å². The molecule has 0 bridgehead atoms. The minimum Gasteiger partial charge on any atom is -0.492 e. The van der Waals surface area contributed by atoms with E-state index in [1.54, 1.807) is 24.3 Å². The zero-order chi connectivity index (χ0) is 12.0. The number of rotatable bonds is 5. The highest BCUT2D eigenvalue weighted by atomic mass is 19.3. The number of nitrogen functional groups attached to an aromatic ring is 1. The molecule has 1 amide bonds. The van der Waals surface area contributed by atoms with Crippen LogP contribution in [0.25, 0.3) is 0 Å². The molecule has 6 heteroatoms. The molecule has 0 saturated carbocycles. The number of hydrogen-bond donors (Lipinski definition) is 2. The van der Waals surface area contributed by atoms with Gasteiger partial charge in [-0.1, -0.05) is 0 Å². The van der Waals surface area contributed by atoms with Crippen molar-refractivity contribution in [3.8, 4) is 5.75 Å². The number of benzene rings is 1. The molecule has 4 nitrogen and oxygen atoms in total. The summed E-state index contributed by atoms with van der Waals surface area (Å²) in [5, 5.41) is 2.03. The summed E-state index contributed by atoms with van der Waals surface area (Å²) in [4.78, 5) is 10.5. The van der Waals surface area contributed by atoms with Crippen molar-refractivity contribution < 1.29 is 18.3 Å². The van der Waals surface area contributed by atoms with Crippen molar-refractivity contribution in [2.24, 2.45) is 0 Å². The van der Waals surface area contributed by atoms with Crippen molar-refractivity contribution >= 4 is 11.6 Å². The van der Waals surface area contributed by atoms with E-state index in [-0.39, 0.29) is 13.2 Å². The van der Waals surface area contributed by atoms with Crippen LogP contribution in [-0.2, 0) is 4.79 Å². The summed E-state index contributed by atoms with van der Waals surface area (Å²) in [6.45, 7) is 0.163. The van der Waals surface area contributed by atoms with Gasteiger partial charge in [0.2, 0.25) is 0 Å². The first-order chi connectivity index (χ1) is 7.59. The van der Waals surface area contributed by atoms with E-state index in [0.29, 0.717) is 11.4 Å². The number of nitrogens with two attached hydrogens (primary N) is 1. The molecule has 0 atom stereocenters. The van der Waals surface area contributed by atoms with Crippen molar-refractivity contribution in [1.29, 1.82) is 0 Å². The Balaban J connectivity index is 2.21. The van der Waals surface area contributed by atoms with E-state index < -0.39 is 12.3 Å². The zero-order valence-electron chi connectivity index (χ0n) is 8.45. The molecule has 0 fully saturated rings. The highest BCUT2D eigenvalue weighted by Gasteiger charge is 2.13. The second-order valence-corrected chi connectivity index (χ2v) is 3.01. The molecule has 0 aliphatic rings. The Morgan fingerprint density at radius 3 is 2.56 bits per heavy atom. The number of carbonyl (C=O) groups excluding carboxylic acids is 1. The normalized spacial score (nSPS) is 10.2. The molecule has 0 spiro atoms. The first-order valence-corrected chi connectivity index (χ1v) is 4.64. The van der Waals surface area contributed by atoms with Crippen molar-refractivity contribution in [3.63, 3.8) is 0 Å². The highest BCUT2D eigenvalue weighted by Crippen LogP contribution is 2.12. The van der Waals surface area contributed by atoms with Crippen LogP contribution in [0, 0.1) is 0 Å². The third kappa shape index (κ3) is 4.12. The van der Waals surface area contributed by atoms with Gasteiger partial charge in [-0.3, -0.25) is 4.79 Å². The largest absolute Gasteiger partial charge is 0.492 e. The number of nitrogens with one attached hydrogen (secondary N) is 1. The molecule has 16 heavy (non-hydrogen) atoms. The molecule has 0 aromatic heterocycles. The number of alkyl halides is 2. The van der Waals surface area contributed by atoms with Gasteiger partial charge < -0.3 is 15.8 Å². The Labute approximate surface area is 91.4 Å². The molecule has 1 aromatic carbocycles. The Hall–Kier alpha value is -1.85. The average molecular weight is 230 g/mol. The molecule has 0 radical (unpaired) electrons. The van der Waals surface area contributed by atoms with Crippen LogP contribution in [0.4, 0.5) is 14.5 Å². The lowest BCUT2D eigenvalue weighted by Crippen LogP contribution is -2.32. The molecule has 0 aliphatic heterocycles. The Kier molecular flexibility index (Phi) is 4.50. The number of amides is 1. The second-order valence-electron chi connectivity index (χ2n) is 3.01. The third-order valence-corrected chi connectivity index (χ3v) is 1.75. The van der Waals surface area contributed by atoms with E-state index in [0.717, 1.165) is 0 Å². The fourth-order valence-electron chi connectivity index (χ4n) is 0.984. The standard InChI is InChI=1S/C10H12F2N2O2/c11-9(12)10(15)14-5-6-16-8-3-1-7(13)2-4-8/h1-4,9H,5-6,13H2,(H,14,15). The number of carbonyl (C=O) groups is 1. The third-order valence-electron chi connectivity index (χ3n) is 1.75. The van der Waals surface area contributed by atoms with E-state index in [1.165, 1.54) is 0 Å². The smallest absolute Gasteiger partial charge is 0.315 e. The molecular formula is C10H12F2N2O2. The Bertz CT molecular complexity index is 341. The van der Waals surface area contributed by atoms with Crippen molar-refractivity contribution in [2.75, 3.05) is 18.9 Å². The van der Waals surface area contributed by atoms with Gasteiger partial charge in [-0.2, -0.15) is 8.78 Å². The molecule has 1 rings (SSSR count). The maximum absolute atomic E-state index is 11.8. The molecule has 0 aliphatic carbocycles. The van der Waals surface area contributed by atoms with Crippen molar-refractivity contribution in [2.45, 2.75) is 6.43 Å². The van der Waals surface area contributed by atoms with Gasteiger partial charge in [0, 0.05) is 5.69 Å². The molecule has 0 heterocycles. The molecule has 1 aromatic rings. The summed E-state index contributed by atoms with van der Waals surface area (Å²) in [5.41, 5.74) is 6.07. The highest BCUT2D eigenvalue weighted by molar-refractivity contribution is 5.78. The van der Waals surface area contributed by atoms with E-state index in [9.17, 15) is 13.6 Å². The maximum atomic E-state index is 11.8. The van der Waals surface area contributed by atoms with Crippen LogP contribution in [0.1, 0.15) is 0 Å². The van der Waals surface area contributed by atoms with E-state index >= 15 is 0 Å². The molecular weight excluding hydrogens is 218 g/mol. The lowest BCUT2D eigenvalue weighted by Gasteiger charge is -2.07. The van der Waals surface area contributed by atoms with Gasteiger partial charge in [0.25, 0.3) is 5.91 Å². The monoisotopic (exact) mass is 230 g/mol. The Morgan fingerprint density at radius 1 is 1.38 bits per heavy atom. The molecule has 0 saturated heterocycles. The fourth-order valence-corrected chi connectivity index (χ4v) is 0.984. The van der Waals surface area contributed by atoms with Gasteiger partial charge >= 0.3 is 6.43 Å². The molecule has 3 N–H and O–H groups in total. The van der Waals surface area contributed by atoms with Crippen LogP contribution in [0.2, 0.25) is 0 Å². The number of ether oxygens (including phenoxy) is 1. The lowest BCUT2D eigenvalue weighted by molar-refractivity contribution is -0.131. The SMILES string of the molecule is Nc1ccc(OCCNC(=O)C(F)F)cc1. The van der Waals surface area contributed by atoms with Gasteiger partial charge in [0.05, 0.1) is 6.54 Å². The van der Waals surface area contributed by atoms with Crippen LogP contribution in [0.3, 0.4) is 0 Å². The van der Waals surface area contributed by atoms with Crippen LogP contribution in [-0.4, -0.2) is 25.5 Å². The lowest BCUT2D eigenvalue weighted by atomic mass is 10.3.